The molecule has 3 aliphatic rings. The van der Waals surface area contributed by atoms with Gasteiger partial charge in [0.25, 0.3) is 0 Å². The molecule has 2 aliphatic carbocycles. The van der Waals surface area contributed by atoms with Gasteiger partial charge in [0.15, 0.2) is 0 Å². The van der Waals surface area contributed by atoms with Crippen LogP contribution in [-0.4, -0.2) is 31.1 Å². The SMILES string of the molecule is c1ccc(C2CNCCN2CC(C2CC2)C2CC2)cc1. The van der Waals surface area contributed by atoms with Crippen LogP contribution in [0.5, 0.6) is 0 Å². The van der Waals surface area contributed by atoms with E-state index in [-0.39, 0.29) is 0 Å². The molecule has 20 heavy (non-hydrogen) atoms. The van der Waals surface area contributed by atoms with Crippen molar-refractivity contribution in [2.75, 3.05) is 26.2 Å². The van der Waals surface area contributed by atoms with Crippen LogP contribution in [0.1, 0.15) is 37.3 Å². The van der Waals surface area contributed by atoms with Gasteiger partial charge in [0.05, 0.1) is 0 Å². The molecule has 1 unspecified atom stereocenters. The zero-order chi connectivity index (χ0) is 13.4. The van der Waals surface area contributed by atoms with E-state index in [1.807, 2.05) is 0 Å². The molecule has 2 heteroatoms. The molecule has 1 aromatic carbocycles. The van der Waals surface area contributed by atoms with E-state index in [2.05, 4.69) is 40.5 Å². The largest absolute Gasteiger partial charge is 0.314 e. The molecule has 2 saturated carbocycles. The molecule has 4 rings (SSSR count). The highest BCUT2D eigenvalue weighted by Gasteiger charge is 2.42. The lowest BCUT2D eigenvalue weighted by atomic mass is 9.94. The van der Waals surface area contributed by atoms with Crippen LogP contribution >= 0.6 is 0 Å². The first-order valence-corrected chi connectivity index (χ1v) is 8.41. The summed E-state index contributed by atoms with van der Waals surface area (Å²) in [6.45, 7) is 4.84. The molecule has 1 saturated heterocycles. The maximum atomic E-state index is 3.58. The molecular weight excluding hydrogens is 244 g/mol. The summed E-state index contributed by atoms with van der Waals surface area (Å²) < 4.78 is 0. The highest BCUT2D eigenvalue weighted by atomic mass is 15.2. The van der Waals surface area contributed by atoms with E-state index in [1.54, 1.807) is 0 Å². The van der Waals surface area contributed by atoms with Gasteiger partial charge in [-0.2, -0.15) is 0 Å². The number of piperazine rings is 1. The molecule has 1 aromatic rings. The van der Waals surface area contributed by atoms with Crippen LogP contribution in [-0.2, 0) is 0 Å². The molecule has 0 aromatic heterocycles. The fraction of sp³-hybridized carbons (Fsp3) is 0.667. The lowest BCUT2D eigenvalue weighted by Crippen LogP contribution is -2.48. The normalized spacial score (nSPS) is 27.9. The molecule has 1 N–H and O–H groups in total. The lowest BCUT2D eigenvalue weighted by molar-refractivity contribution is 0.123. The molecule has 3 fully saturated rings. The van der Waals surface area contributed by atoms with Crippen molar-refractivity contribution in [3.05, 3.63) is 35.9 Å². The molecule has 0 radical (unpaired) electrons. The third kappa shape index (κ3) is 2.77. The fourth-order valence-electron chi connectivity index (χ4n) is 3.97. The average Bonchev–Trinajstić information content (AvgIpc) is 3.40. The third-order valence-corrected chi connectivity index (χ3v) is 5.44. The van der Waals surface area contributed by atoms with Crippen LogP contribution in [0.2, 0.25) is 0 Å². The summed E-state index contributed by atoms with van der Waals surface area (Å²) in [5, 5.41) is 3.58. The van der Waals surface area contributed by atoms with Crippen LogP contribution in [0.15, 0.2) is 30.3 Å². The summed E-state index contributed by atoms with van der Waals surface area (Å²) in [6, 6.07) is 11.7. The fourth-order valence-corrected chi connectivity index (χ4v) is 3.97. The second-order valence-electron chi connectivity index (χ2n) is 6.96. The first-order valence-electron chi connectivity index (χ1n) is 8.41. The minimum atomic E-state index is 0.588. The van der Waals surface area contributed by atoms with Crippen molar-refractivity contribution in [1.29, 1.82) is 0 Å². The van der Waals surface area contributed by atoms with Crippen molar-refractivity contribution in [2.24, 2.45) is 17.8 Å². The van der Waals surface area contributed by atoms with Crippen molar-refractivity contribution >= 4 is 0 Å². The van der Waals surface area contributed by atoms with Crippen LogP contribution in [0, 0.1) is 17.8 Å². The van der Waals surface area contributed by atoms with E-state index >= 15 is 0 Å². The van der Waals surface area contributed by atoms with Crippen molar-refractivity contribution in [3.63, 3.8) is 0 Å². The molecule has 1 heterocycles. The minimum Gasteiger partial charge on any atom is -0.314 e. The predicted molar refractivity (Wildman–Crippen MR) is 82.6 cm³/mol. The molecule has 1 aliphatic heterocycles. The summed E-state index contributed by atoms with van der Waals surface area (Å²) in [5.41, 5.74) is 1.49. The van der Waals surface area contributed by atoms with Crippen molar-refractivity contribution in [1.82, 2.24) is 10.2 Å². The molecule has 108 valence electrons. The average molecular weight is 270 g/mol. The maximum Gasteiger partial charge on any atom is 0.0473 e. The lowest BCUT2D eigenvalue weighted by Gasteiger charge is -2.39. The van der Waals surface area contributed by atoms with Gasteiger partial charge in [0, 0.05) is 32.2 Å². The summed E-state index contributed by atoms with van der Waals surface area (Å²) >= 11 is 0. The predicted octanol–water partition coefficient (Wildman–Crippen LogP) is 3.07. The Morgan fingerprint density at radius 1 is 1.05 bits per heavy atom. The van der Waals surface area contributed by atoms with Crippen LogP contribution in [0.25, 0.3) is 0 Å². The van der Waals surface area contributed by atoms with Crippen molar-refractivity contribution in [3.8, 4) is 0 Å². The molecule has 1 atom stereocenters. The number of nitrogens with zero attached hydrogens (tertiary/aromatic N) is 1. The Hall–Kier alpha value is -0.860. The van der Waals surface area contributed by atoms with E-state index in [0.717, 1.165) is 30.8 Å². The van der Waals surface area contributed by atoms with E-state index < -0.39 is 0 Å². The third-order valence-electron chi connectivity index (χ3n) is 5.44. The van der Waals surface area contributed by atoms with Gasteiger partial charge in [-0.25, -0.2) is 0 Å². The van der Waals surface area contributed by atoms with Gasteiger partial charge in [0.2, 0.25) is 0 Å². The highest BCUT2D eigenvalue weighted by Crippen LogP contribution is 2.49. The smallest absolute Gasteiger partial charge is 0.0473 e. The van der Waals surface area contributed by atoms with Gasteiger partial charge in [-0.15, -0.1) is 0 Å². The molecule has 2 nitrogen and oxygen atoms in total. The number of nitrogens with one attached hydrogen (secondary N) is 1. The Kier molecular flexibility index (Phi) is 3.53. The molecular formula is C18H26N2. The standard InChI is InChI=1S/C18H26N2/c1-2-4-16(5-3-1)18-12-19-10-11-20(18)13-17(14-6-7-14)15-8-9-15/h1-5,14-15,17-19H,6-13H2. The van der Waals surface area contributed by atoms with Crippen LogP contribution in [0.3, 0.4) is 0 Å². The Morgan fingerprint density at radius 2 is 1.75 bits per heavy atom. The number of hydrogen-bond donors (Lipinski definition) is 1. The van der Waals surface area contributed by atoms with Gasteiger partial charge < -0.3 is 5.32 Å². The number of rotatable bonds is 5. The highest BCUT2D eigenvalue weighted by molar-refractivity contribution is 5.20. The van der Waals surface area contributed by atoms with Crippen molar-refractivity contribution < 1.29 is 0 Å². The second kappa shape index (κ2) is 5.50. The molecule has 0 bridgehead atoms. The van der Waals surface area contributed by atoms with Crippen LogP contribution in [0.4, 0.5) is 0 Å². The van der Waals surface area contributed by atoms with Gasteiger partial charge in [-0.3, -0.25) is 4.90 Å². The van der Waals surface area contributed by atoms with E-state index in [9.17, 15) is 0 Å². The number of hydrogen-bond acceptors (Lipinski definition) is 2. The minimum absolute atomic E-state index is 0.588. The zero-order valence-corrected chi connectivity index (χ0v) is 12.3. The topological polar surface area (TPSA) is 15.3 Å². The first-order chi connectivity index (χ1) is 9.92. The Labute approximate surface area is 122 Å². The zero-order valence-electron chi connectivity index (χ0n) is 12.3. The van der Waals surface area contributed by atoms with E-state index in [4.69, 9.17) is 0 Å². The maximum absolute atomic E-state index is 3.58. The summed E-state index contributed by atoms with van der Waals surface area (Å²) in [6.07, 6.45) is 6.01. The van der Waals surface area contributed by atoms with Crippen molar-refractivity contribution in [2.45, 2.75) is 31.7 Å². The van der Waals surface area contributed by atoms with Gasteiger partial charge in [-0.1, -0.05) is 30.3 Å². The quantitative estimate of drug-likeness (QED) is 0.884. The van der Waals surface area contributed by atoms with Gasteiger partial charge >= 0.3 is 0 Å². The Balaban J connectivity index is 1.49. The van der Waals surface area contributed by atoms with Gasteiger partial charge in [0.1, 0.15) is 0 Å². The summed E-state index contributed by atoms with van der Waals surface area (Å²) in [4.78, 5) is 2.77. The van der Waals surface area contributed by atoms with E-state index in [0.29, 0.717) is 6.04 Å². The summed E-state index contributed by atoms with van der Waals surface area (Å²) in [5.74, 6) is 3.13. The molecule has 0 spiro atoms. The molecule has 0 amide bonds. The van der Waals surface area contributed by atoms with Gasteiger partial charge in [-0.05, 0) is 49.0 Å². The summed E-state index contributed by atoms with van der Waals surface area (Å²) in [7, 11) is 0. The van der Waals surface area contributed by atoms with E-state index in [1.165, 1.54) is 44.3 Å². The Bertz CT molecular complexity index is 424. The second-order valence-corrected chi connectivity index (χ2v) is 6.96. The monoisotopic (exact) mass is 270 g/mol. The van der Waals surface area contributed by atoms with Crippen LogP contribution < -0.4 is 5.32 Å². The number of benzene rings is 1. The first kappa shape index (κ1) is 12.8. The Morgan fingerprint density at radius 3 is 2.40 bits per heavy atom.